The lowest BCUT2D eigenvalue weighted by molar-refractivity contribution is -0.170. The normalized spacial score (nSPS) is 22.3. The van der Waals surface area contributed by atoms with E-state index in [0.29, 0.717) is 41.9 Å². The van der Waals surface area contributed by atoms with E-state index in [1.165, 1.54) is 0 Å². The average Bonchev–Trinajstić information content (AvgIpc) is 2.99. The van der Waals surface area contributed by atoms with Gasteiger partial charge in [-0.25, -0.2) is 4.79 Å². The molecule has 0 aromatic heterocycles. The van der Waals surface area contributed by atoms with E-state index in [2.05, 4.69) is 18.7 Å². The van der Waals surface area contributed by atoms with E-state index in [0.717, 1.165) is 28.3 Å². The van der Waals surface area contributed by atoms with Gasteiger partial charge in [0.1, 0.15) is 22.7 Å². The summed E-state index contributed by atoms with van der Waals surface area (Å²) < 4.78 is 24.8. The van der Waals surface area contributed by atoms with Crippen LogP contribution < -0.4 is 9.47 Å². The first kappa shape index (κ1) is 26.0. The number of hydrogen-bond donors (Lipinski definition) is 0. The predicted molar refractivity (Wildman–Crippen MR) is 151 cm³/mol. The van der Waals surface area contributed by atoms with Crippen molar-refractivity contribution in [3.63, 3.8) is 0 Å². The Balaban J connectivity index is 1.49. The molecule has 0 radical (unpaired) electrons. The molecule has 40 heavy (non-hydrogen) atoms. The zero-order valence-corrected chi connectivity index (χ0v) is 22.5. The molecule has 0 aliphatic heterocycles. The fourth-order valence-corrected chi connectivity index (χ4v) is 6.58. The molecule has 3 aliphatic carbocycles. The summed E-state index contributed by atoms with van der Waals surface area (Å²) in [5.41, 5.74) is 2.05. The van der Waals surface area contributed by atoms with Gasteiger partial charge in [-0.1, -0.05) is 79.4 Å². The number of hydrogen-bond acceptors (Lipinski definition) is 6. The molecule has 0 spiro atoms. The van der Waals surface area contributed by atoms with Crippen molar-refractivity contribution in [1.29, 1.82) is 0 Å². The van der Waals surface area contributed by atoms with Crippen molar-refractivity contribution in [3.05, 3.63) is 120 Å². The summed E-state index contributed by atoms with van der Waals surface area (Å²) in [6, 6.07) is 26.8. The highest BCUT2D eigenvalue weighted by molar-refractivity contribution is 5.97. The van der Waals surface area contributed by atoms with E-state index in [1.54, 1.807) is 12.1 Å². The predicted octanol–water partition coefficient (Wildman–Crippen LogP) is 6.43. The molecule has 202 valence electrons. The largest absolute Gasteiger partial charge is 0.426 e. The van der Waals surface area contributed by atoms with Crippen LogP contribution in [0.25, 0.3) is 10.8 Å². The zero-order chi connectivity index (χ0) is 27.9. The summed E-state index contributed by atoms with van der Waals surface area (Å²) in [7, 11) is 0. The molecule has 0 amide bonds. The molecule has 0 saturated heterocycles. The van der Waals surface area contributed by atoms with E-state index < -0.39 is 29.1 Å². The van der Waals surface area contributed by atoms with Crippen LogP contribution in [-0.4, -0.2) is 25.2 Å². The van der Waals surface area contributed by atoms with Crippen molar-refractivity contribution in [1.82, 2.24) is 0 Å². The molecular formula is C34H30O6. The van der Waals surface area contributed by atoms with Crippen molar-refractivity contribution in [2.75, 3.05) is 13.2 Å². The van der Waals surface area contributed by atoms with E-state index in [-0.39, 0.29) is 0 Å². The van der Waals surface area contributed by atoms with Gasteiger partial charge in [0, 0.05) is 36.5 Å². The highest BCUT2D eigenvalue weighted by atomic mass is 16.6. The maximum absolute atomic E-state index is 14.3. The molecule has 0 N–H and O–H groups in total. The molecule has 6 nitrogen and oxygen atoms in total. The van der Waals surface area contributed by atoms with Gasteiger partial charge in [0.25, 0.3) is 0 Å². The highest BCUT2D eigenvalue weighted by Gasteiger charge is 2.64. The number of carbonyl (C=O) groups excluding carboxylic acids is 2. The second kappa shape index (κ2) is 10.0. The third-order valence-corrected chi connectivity index (χ3v) is 7.99. The topological polar surface area (TPSA) is 71.1 Å². The van der Waals surface area contributed by atoms with Crippen LogP contribution in [-0.2, 0) is 30.3 Å². The molecular weight excluding hydrogens is 504 g/mol. The second-order valence-corrected chi connectivity index (χ2v) is 9.93. The van der Waals surface area contributed by atoms with Gasteiger partial charge < -0.3 is 18.9 Å². The molecule has 0 saturated carbocycles. The first-order chi connectivity index (χ1) is 19.5. The minimum atomic E-state index is -1.03. The number of fused-ring (bicyclic) bond motifs is 2. The smallest absolute Gasteiger partial charge is 0.335 e. The van der Waals surface area contributed by atoms with Gasteiger partial charge in [0.05, 0.1) is 5.92 Å². The summed E-state index contributed by atoms with van der Waals surface area (Å²) in [6.45, 7) is 8.26. The SMILES string of the molecule is C=CC(=O)Oc1ccc(OC(=O)C2CC3(OCC)c4ccccc4C2(OCC)c2ccccc23)c2ccccc12. The van der Waals surface area contributed by atoms with Gasteiger partial charge in [0.2, 0.25) is 0 Å². The Morgan fingerprint density at radius 3 is 1.77 bits per heavy atom. The van der Waals surface area contributed by atoms with Crippen molar-refractivity contribution in [2.45, 2.75) is 31.5 Å². The molecule has 1 unspecified atom stereocenters. The lowest BCUT2D eigenvalue weighted by Gasteiger charge is -2.57. The van der Waals surface area contributed by atoms with Crippen molar-refractivity contribution in [2.24, 2.45) is 5.92 Å². The van der Waals surface area contributed by atoms with Gasteiger partial charge >= 0.3 is 11.9 Å². The standard InChI is InChI=1S/C34H30O6/c1-4-31(35)39-29-19-20-30(23-14-8-7-13-22(23)29)40-32(36)28-21-33(37-5-2)24-15-9-11-17-26(24)34(28,38-6-3)27-18-12-10-16-25(27)33/h4,7-20,28H,1,5-6,21H2,2-3H3. The minimum Gasteiger partial charge on any atom is -0.426 e. The fourth-order valence-electron chi connectivity index (χ4n) is 6.58. The number of rotatable bonds is 8. The van der Waals surface area contributed by atoms with E-state index in [9.17, 15) is 9.59 Å². The molecule has 6 heteroatoms. The van der Waals surface area contributed by atoms with Crippen LogP contribution in [0, 0.1) is 5.92 Å². The van der Waals surface area contributed by atoms with Gasteiger partial charge in [-0.05, 0) is 48.2 Å². The zero-order valence-electron chi connectivity index (χ0n) is 22.5. The average molecular weight is 535 g/mol. The lowest BCUT2D eigenvalue weighted by atomic mass is 9.54. The molecule has 2 bridgehead atoms. The van der Waals surface area contributed by atoms with E-state index in [1.807, 2.05) is 74.5 Å². The molecule has 1 atom stereocenters. The quantitative estimate of drug-likeness (QED) is 0.147. The van der Waals surface area contributed by atoms with Gasteiger partial charge in [-0.3, -0.25) is 4.79 Å². The van der Waals surface area contributed by atoms with Crippen LogP contribution in [0.5, 0.6) is 11.5 Å². The van der Waals surface area contributed by atoms with Crippen molar-refractivity contribution in [3.8, 4) is 11.5 Å². The first-order valence-electron chi connectivity index (χ1n) is 13.6. The third-order valence-electron chi connectivity index (χ3n) is 7.99. The Labute approximate surface area is 233 Å². The molecule has 7 rings (SSSR count). The Bertz CT molecular complexity index is 1590. The van der Waals surface area contributed by atoms with Gasteiger partial charge in [-0.15, -0.1) is 0 Å². The Kier molecular flexibility index (Phi) is 6.53. The Hall–Kier alpha value is -4.26. The van der Waals surface area contributed by atoms with E-state index >= 15 is 0 Å². The number of benzene rings is 4. The number of esters is 2. The summed E-state index contributed by atoms with van der Waals surface area (Å²) in [5, 5.41) is 1.30. The summed E-state index contributed by atoms with van der Waals surface area (Å²) in [5.74, 6) is -0.922. The Morgan fingerprint density at radius 2 is 1.25 bits per heavy atom. The monoisotopic (exact) mass is 534 g/mol. The maximum Gasteiger partial charge on any atom is 0.335 e. The van der Waals surface area contributed by atoms with Crippen LogP contribution in [0.15, 0.2) is 97.6 Å². The number of carbonyl (C=O) groups is 2. The summed E-state index contributed by atoms with van der Waals surface area (Å²) >= 11 is 0. The second-order valence-electron chi connectivity index (χ2n) is 9.93. The maximum atomic E-state index is 14.3. The van der Waals surface area contributed by atoms with Crippen molar-refractivity contribution >= 4 is 22.7 Å². The molecule has 3 aliphatic rings. The van der Waals surface area contributed by atoms with Crippen LogP contribution in [0.3, 0.4) is 0 Å². The van der Waals surface area contributed by atoms with Crippen LogP contribution in [0.2, 0.25) is 0 Å². The van der Waals surface area contributed by atoms with E-state index in [4.69, 9.17) is 18.9 Å². The van der Waals surface area contributed by atoms with Crippen LogP contribution in [0.4, 0.5) is 0 Å². The highest BCUT2D eigenvalue weighted by Crippen LogP contribution is 2.63. The molecule has 4 aromatic rings. The molecule has 0 heterocycles. The fraction of sp³-hybridized carbons (Fsp3) is 0.235. The summed E-state index contributed by atoms with van der Waals surface area (Å²) in [6.07, 6.45) is 1.48. The Morgan fingerprint density at radius 1 is 0.750 bits per heavy atom. The molecule has 0 fully saturated rings. The summed E-state index contributed by atoms with van der Waals surface area (Å²) in [4.78, 5) is 26.2. The van der Waals surface area contributed by atoms with Crippen molar-refractivity contribution < 1.29 is 28.5 Å². The lowest BCUT2D eigenvalue weighted by Crippen LogP contribution is -2.59. The van der Waals surface area contributed by atoms with Crippen LogP contribution in [0.1, 0.15) is 42.5 Å². The third kappa shape index (κ3) is 3.71. The first-order valence-corrected chi connectivity index (χ1v) is 13.6. The van der Waals surface area contributed by atoms with Crippen LogP contribution >= 0.6 is 0 Å². The number of ether oxygens (including phenoxy) is 4. The van der Waals surface area contributed by atoms with Gasteiger partial charge in [0.15, 0.2) is 0 Å². The molecule has 4 aromatic carbocycles. The van der Waals surface area contributed by atoms with Gasteiger partial charge in [-0.2, -0.15) is 0 Å². The minimum absolute atomic E-state index is 0.362.